The molecule has 0 bridgehead atoms. The molecule has 118 valence electrons. The molecule has 1 aliphatic rings. The molecule has 1 aliphatic carbocycles. The fraction of sp³-hybridized carbons (Fsp3) is 0.412. The molecule has 1 aromatic rings. The standard InChI is InChI=1S/C17H22N2O3/c1-22-16(20)14-8-5-9-15(12-14)19-17(21)18-11-10-13-6-3-2-4-7-13/h5,8-13H,2-4,6-7H2,1H3,(H2,18,19,21)/b11-10+. The van der Waals surface area contributed by atoms with Crippen molar-refractivity contribution >= 4 is 17.7 Å². The summed E-state index contributed by atoms with van der Waals surface area (Å²) in [7, 11) is 1.32. The van der Waals surface area contributed by atoms with Crippen molar-refractivity contribution in [3.63, 3.8) is 0 Å². The van der Waals surface area contributed by atoms with Gasteiger partial charge in [-0.2, -0.15) is 0 Å². The first kappa shape index (κ1) is 16.1. The summed E-state index contributed by atoms with van der Waals surface area (Å²) in [4.78, 5) is 23.3. The van der Waals surface area contributed by atoms with Crippen molar-refractivity contribution in [2.45, 2.75) is 32.1 Å². The number of amides is 2. The summed E-state index contributed by atoms with van der Waals surface area (Å²) in [5.74, 6) is 0.137. The van der Waals surface area contributed by atoms with Crippen molar-refractivity contribution in [1.82, 2.24) is 5.32 Å². The minimum atomic E-state index is -0.429. The molecule has 22 heavy (non-hydrogen) atoms. The quantitative estimate of drug-likeness (QED) is 0.834. The van der Waals surface area contributed by atoms with E-state index in [1.54, 1.807) is 30.5 Å². The van der Waals surface area contributed by atoms with E-state index in [0.29, 0.717) is 17.2 Å². The Morgan fingerprint density at radius 1 is 1.23 bits per heavy atom. The lowest BCUT2D eigenvalue weighted by Gasteiger charge is -2.17. The first-order valence-corrected chi connectivity index (χ1v) is 7.61. The Hall–Kier alpha value is -2.30. The van der Waals surface area contributed by atoms with Gasteiger partial charge in [0.1, 0.15) is 0 Å². The van der Waals surface area contributed by atoms with Crippen molar-refractivity contribution in [2.75, 3.05) is 12.4 Å². The Labute approximate surface area is 130 Å². The highest BCUT2D eigenvalue weighted by molar-refractivity contribution is 5.94. The van der Waals surface area contributed by atoms with Gasteiger partial charge in [-0.1, -0.05) is 31.4 Å². The van der Waals surface area contributed by atoms with Gasteiger partial charge in [0.15, 0.2) is 0 Å². The van der Waals surface area contributed by atoms with E-state index < -0.39 is 5.97 Å². The van der Waals surface area contributed by atoms with Gasteiger partial charge in [0.2, 0.25) is 0 Å². The highest BCUT2D eigenvalue weighted by Crippen LogP contribution is 2.24. The van der Waals surface area contributed by atoms with Crippen molar-refractivity contribution in [2.24, 2.45) is 5.92 Å². The summed E-state index contributed by atoms with van der Waals surface area (Å²) in [5, 5.41) is 5.38. The van der Waals surface area contributed by atoms with E-state index in [1.807, 2.05) is 0 Å². The van der Waals surface area contributed by atoms with Gasteiger partial charge in [0.25, 0.3) is 0 Å². The van der Waals surface area contributed by atoms with E-state index >= 15 is 0 Å². The minimum absolute atomic E-state index is 0.325. The lowest BCUT2D eigenvalue weighted by molar-refractivity contribution is 0.0600. The molecule has 5 heteroatoms. The van der Waals surface area contributed by atoms with Gasteiger partial charge in [0.05, 0.1) is 12.7 Å². The molecular formula is C17H22N2O3. The fourth-order valence-electron chi connectivity index (χ4n) is 2.60. The highest BCUT2D eigenvalue weighted by Gasteiger charge is 2.10. The molecular weight excluding hydrogens is 280 g/mol. The minimum Gasteiger partial charge on any atom is -0.465 e. The van der Waals surface area contributed by atoms with Crippen LogP contribution in [0.3, 0.4) is 0 Å². The number of carbonyl (C=O) groups excluding carboxylic acids is 2. The average molecular weight is 302 g/mol. The number of hydrogen-bond donors (Lipinski definition) is 2. The molecule has 0 heterocycles. The number of ether oxygens (including phenoxy) is 1. The second kappa shape index (κ2) is 8.22. The maximum absolute atomic E-state index is 11.8. The number of nitrogens with one attached hydrogen (secondary N) is 2. The van der Waals surface area contributed by atoms with Gasteiger partial charge in [-0.3, -0.25) is 0 Å². The third-order valence-corrected chi connectivity index (χ3v) is 3.77. The van der Waals surface area contributed by atoms with Crippen LogP contribution >= 0.6 is 0 Å². The highest BCUT2D eigenvalue weighted by atomic mass is 16.5. The number of urea groups is 1. The van der Waals surface area contributed by atoms with Crippen molar-refractivity contribution in [3.05, 3.63) is 42.1 Å². The summed E-state index contributed by atoms with van der Waals surface area (Å²) in [6.07, 6.45) is 10.00. The van der Waals surface area contributed by atoms with Crippen LogP contribution in [0.5, 0.6) is 0 Å². The number of esters is 1. The Morgan fingerprint density at radius 3 is 2.73 bits per heavy atom. The lowest BCUT2D eigenvalue weighted by atomic mass is 9.89. The summed E-state index contributed by atoms with van der Waals surface area (Å²) >= 11 is 0. The van der Waals surface area contributed by atoms with Crippen LogP contribution in [0.15, 0.2) is 36.5 Å². The molecule has 2 amide bonds. The monoisotopic (exact) mass is 302 g/mol. The van der Waals surface area contributed by atoms with Gasteiger partial charge in [-0.05, 0) is 37.0 Å². The lowest BCUT2D eigenvalue weighted by Crippen LogP contribution is -2.24. The summed E-state index contributed by atoms with van der Waals surface area (Å²) in [5.41, 5.74) is 0.949. The number of methoxy groups -OCH3 is 1. The molecule has 0 aromatic heterocycles. The summed E-state index contributed by atoms with van der Waals surface area (Å²) in [6, 6.07) is 6.30. The number of carbonyl (C=O) groups is 2. The van der Waals surface area contributed by atoms with E-state index in [1.165, 1.54) is 39.2 Å². The van der Waals surface area contributed by atoms with Crippen LogP contribution in [0.1, 0.15) is 42.5 Å². The number of rotatable bonds is 4. The van der Waals surface area contributed by atoms with Gasteiger partial charge < -0.3 is 15.4 Å². The Bertz CT molecular complexity index is 549. The maximum Gasteiger partial charge on any atom is 0.337 e. The van der Waals surface area contributed by atoms with E-state index in [4.69, 9.17) is 0 Å². The summed E-state index contributed by atoms with van der Waals surface area (Å²) in [6.45, 7) is 0. The SMILES string of the molecule is COC(=O)c1cccc(NC(=O)N/C=C/C2CCCCC2)c1. The van der Waals surface area contributed by atoms with E-state index in [9.17, 15) is 9.59 Å². The number of anilines is 1. The van der Waals surface area contributed by atoms with Crippen molar-refractivity contribution < 1.29 is 14.3 Å². The zero-order valence-electron chi connectivity index (χ0n) is 12.8. The molecule has 0 aliphatic heterocycles. The van der Waals surface area contributed by atoms with E-state index in [-0.39, 0.29) is 6.03 Å². The van der Waals surface area contributed by atoms with Crippen molar-refractivity contribution in [1.29, 1.82) is 0 Å². The number of hydrogen-bond acceptors (Lipinski definition) is 3. The first-order chi connectivity index (χ1) is 10.7. The third-order valence-electron chi connectivity index (χ3n) is 3.77. The first-order valence-electron chi connectivity index (χ1n) is 7.61. The number of benzene rings is 1. The molecule has 0 atom stereocenters. The molecule has 1 aromatic carbocycles. The van der Waals surface area contributed by atoms with Crippen LogP contribution in [0, 0.1) is 5.92 Å². The molecule has 2 rings (SSSR count). The predicted octanol–water partition coefficient (Wildman–Crippen LogP) is 3.69. The molecule has 0 spiro atoms. The van der Waals surface area contributed by atoms with E-state index in [0.717, 1.165) is 0 Å². The van der Waals surface area contributed by atoms with Crippen LogP contribution in [0.4, 0.5) is 10.5 Å². The maximum atomic E-state index is 11.8. The number of allylic oxidation sites excluding steroid dienone is 1. The van der Waals surface area contributed by atoms with Gasteiger partial charge in [-0.25, -0.2) is 9.59 Å². The predicted molar refractivity (Wildman–Crippen MR) is 85.7 cm³/mol. The largest absolute Gasteiger partial charge is 0.465 e. The molecule has 2 N–H and O–H groups in total. The van der Waals surface area contributed by atoms with Crippen molar-refractivity contribution in [3.8, 4) is 0 Å². The van der Waals surface area contributed by atoms with Crippen LogP contribution in [-0.4, -0.2) is 19.1 Å². The second-order valence-corrected chi connectivity index (χ2v) is 5.43. The Kier molecular flexibility index (Phi) is 6.01. The van der Waals surface area contributed by atoms with Crippen LogP contribution in [0.25, 0.3) is 0 Å². The molecule has 0 saturated heterocycles. The topological polar surface area (TPSA) is 67.4 Å². The fourth-order valence-corrected chi connectivity index (χ4v) is 2.60. The van der Waals surface area contributed by atoms with Gasteiger partial charge in [0, 0.05) is 11.9 Å². The zero-order valence-corrected chi connectivity index (χ0v) is 12.8. The second-order valence-electron chi connectivity index (χ2n) is 5.43. The molecule has 0 radical (unpaired) electrons. The van der Waals surface area contributed by atoms with Gasteiger partial charge >= 0.3 is 12.0 Å². The normalized spacial score (nSPS) is 15.5. The smallest absolute Gasteiger partial charge is 0.337 e. The summed E-state index contributed by atoms with van der Waals surface area (Å²) < 4.78 is 4.65. The Morgan fingerprint density at radius 2 is 2.00 bits per heavy atom. The van der Waals surface area contributed by atoms with Crippen LogP contribution in [0.2, 0.25) is 0 Å². The molecule has 5 nitrogen and oxygen atoms in total. The molecule has 1 saturated carbocycles. The third kappa shape index (κ3) is 4.91. The average Bonchev–Trinajstić information content (AvgIpc) is 2.55. The molecule has 0 unspecified atom stereocenters. The Balaban J connectivity index is 1.83. The zero-order chi connectivity index (χ0) is 15.8. The van der Waals surface area contributed by atoms with E-state index in [2.05, 4.69) is 21.4 Å². The van der Waals surface area contributed by atoms with Gasteiger partial charge in [-0.15, -0.1) is 0 Å². The van der Waals surface area contributed by atoms with Crippen LogP contribution < -0.4 is 10.6 Å². The van der Waals surface area contributed by atoms with Crippen LogP contribution in [-0.2, 0) is 4.74 Å². The molecule has 1 fully saturated rings.